The van der Waals surface area contributed by atoms with Gasteiger partial charge in [0.05, 0.1) is 13.2 Å². The van der Waals surface area contributed by atoms with Crippen molar-refractivity contribution < 1.29 is 9.47 Å². The first-order chi connectivity index (χ1) is 9.92. The summed E-state index contributed by atoms with van der Waals surface area (Å²) in [7, 11) is 0. The smallest absolute Gasteiger partial charge is 0.122 e. The van der Waals surface area contributed by atoms with Crippen LogP contribution in [0.15, 0.2) is 18.2 Å². The number of aryl methyl sites for hydroxylation is 1. The van der Waals surface area contributed by atoms with E-state index < -0.39 is 0 Å². The minimum atomic E-state index is 0.816. The summed E-state index contributed by atoms with van der Waals surface area (Å²) in [5, 5.41) is 0. The van der Waals surface area contributed by atoms with E-state index in [1.807, 2.05) is 6.07 Å². The molecule has 0 atom stereocenters. The van der Waals surface area contributed by atoms with Crippen molar-refractivity contribution in [2.24, 2.45) is 0 Å². The Morgan fingerprint density at radius 1 is 1.10 bits per heavy atom. The Morgan fingerprint density at radius 2 is 2.00 bits per heavy atom. The molecule has 1 aromatic carbocycles. The van der Waals surface area contributed by atoms with E-state index >= 15 is 0 Å². The van der Waals surface area contributed by atoms with Crippen LogP contribution < -0.4 is 9.47 Å². The number of likely N-dealkylation sites (tertiary alicyclic amines) is 1. The highest BCUT2D eigenvalue weighted by molar-refractivity contribution is 5.41. The minimum Gasteiger partial charge on any atom is -0.494 e. The predicted octanol–water partition coefficient (Wildman–Crippen LogP) is 3.27. The van der Waals surface area contributed by atoms with Crippen LogP contribution in [0.5, 0.6) is 11.5 Å². The van der Waals surface area contributed by atoms with Gasteiger partial charge in [0.1, 0.15) is 11.5 Å². The first kappa shape index (κ1) is 13.7. The van der Waals surface area contributed by atoms with E-state index in [0.717, 1.165) is 44.0 Å². The van der Waals surface area contributed by atoms with Crippen LogP contribution in [-0.2, 0) is 6.42 Å². The number of nitrogens with zero attached hydrogens (tertiary/aromatic N) is 1. The summed E-state index contributed by atoms with van der Waals surface area (Å²) in [6.07, 6.45) is 7.49. The van der Waals surface area contributed by atoms with Crippen LogP contribution in [0.4, 0.5) is 0 Å². The van der Waals surface area contributed by atoms with Gasteiger partial charge in [0.2, 0.25) is 0 Å². The normalized spacial score (nSPS) is 19.2. The van der Waals surface area contributed by atoms with E-state index in [9.17, 15) is 0 Å². The van der Waals surface area contributed by atoms with Gasteiger partial charge in [-0.25, -0.2) is 0 Å². The zero-order valence-electron chi connectivity index (χ0n) is 12.3. The molecule has 3 nitrogen and oxygen atoms in total. The Bertz CT molecular complexity index is 427. The van der Waals surface area contributed by atoms with Crippen LogP contribution >= 0.6 is 0 Å². The van der Waals surface area contributed by atoms with Crippen molar-refractivity contribution in [1.29, 1.82) is 0 Å². The van der Waals surface area contributed by atoms with Crippen LogP contribution in [0.3, 0.4) is 0 Å². The lowest BCUT2D eigenvalue weighted by Crippen LogP contribution is -2.31. The molecule has 0 radical (unpaired) electrons. The van der Waals surface area contributed by atoms with E-state index in [2.05, 4.69) is 17.0 Å². The quantitative estimate of drug-likeness (QED) is 0.770. The molecule has 3 heteroatoms. The van der Waals surface area contributed by atoms with Crippen molar-refractivity contribution in [1.82, 2.24) is 4.90 Å². The van der Waals surface area contributed by atoms with Gasteiger partial charge in [-0.3, -0.25) is 0 Å². The summed E-state index contributed by atoms with van der Waals surface area (Å²) in [5.41, 5.74) is 1.30. The Morgan fingerprint density at radius 3 is 2.90 bits per heavy atom. The van der Waals surface area contributed by atoms with Crippen LogP contribution in [0, 0.1) is 0 Å². The number of ether oxygens (including phenoxy) is 2. The van der Waals surface area contributed by atoms with Gasteiger partial charge in [-0.1, -0.05) is 6.42 Å². The second-order valence-electron chi connectivity index (χ2n) is 5.83. The molecule has 0 spiro atoms. The van der Waals surface area contributed by atoms with E-state index in [1.165, 1.54) is 44.5 Å². The fraction of sp³-hybridized carbons (Fsp3) is 0.647. The average molecular weight is 275 g/mol. The fourth-order valence-corrected chi connectivity index (χ4v) is 3.09. The van der Waals surface area contributed by atoms with Gasteiger partial charge < -0.3 is 14.4 Å². The fourth-order valence-electron chi connectivity index (χ4n) is 3.09. The lowest BCUT2D eigenvalue weighted by molar-refractivity contribution is 0.204. The van der Waals surface area contributed by atoms with Crippen molar-refractivity contribution in [3.63, 3.8) is 0 Å². The van der Waals surface area contributed by atoms with Gasteiger partial charge in [-0.2, -0.15) is 0 Å². The van der Waals surface area contributed by atoms with Crippen LogP contribution in [0.25, 0.3) is 0 Å². The SMILES string of the molecule is c1cc2c(cc1OCCCN1CCCCC1)CCCO2. The molecule has 0 aromatic heterocycles. The molecular formula is C17H25NO2. The monoisotopic (exact) mass is 275 g/mol. The van der Waals surface area contributed by atoms with Crippen molar-refractivity contribution in [3.8, 4) is 11.5 Å². The second kappa shape index (κ2) is 6.98. The van der Waals surface area contributed by atoms with E-state index in [-0.39, 0.29) is 0 Å². The molecule has 0 bridgehead atoms. The molecular weight excluding hydrogens is 250 g/mol. The predicted molar refractivity (Wildman–Crippen MR) is 80.7 cm³/mol. The maximum absolute atomic E-state index is 5.88. The van der Waals surface area contributed by atoms with Gasteiger partial charge in [0.15, 0.2) is 0 Å². The Labute approximate surface area is 121 Å². The molecule has 1 saturated heterocycles. The standard InChI is InChI=1S/C17H25NO2/c1-2-9-18(10-3-1)11-5-13-19-16-7-8-17-15(14-16)6-4-12-20-17/h7-8,14H,1-6,9-13H2. The molecule has 1 aromatic rings. The highest BCUT2D eigenvalue weighted by atomic mass is 16.5. The number of fused-ring (bicyclic) bond motifs is 1. The molecule has 2 aliphatic heterocycles. The van der Waals surface area contributed by atoms with E-state index in [4.69, 9.17) is 9.47 Å². The third-order valence-corrected chi connectivity index (χ3v) is 4.22. The van der Waals surface area contributed by atoms with Gasteiger partial charge in [-0.05, 0) is 69.0 Å². The van der Waals surface area contributed by atoms with Crippen molar-refractivity contribution in [2.45, 2.75) is 38.5 Å². The van der Waals surface area contributed by atoms with Crippen molar-refractivity contribution in [2.75, 3.05) is 32.8 Å². The average Bonchev–Trinajstić information content (AvgIpc) is 2.52. The summed E-state index contributed by atoms with van der Waals surface area (Å²) >= 11 is 0. The molecule has 20 heavy (non-hydrogen) atoms. The summed E-state index contributed by atoms with van der Waals surface area (Å²) < 4.78 is 11.5. The van der Waals surface area contributed by atoms with Crippen LogP contribution in [0.2, 0.25) is 0 Å². The van der Waals surface area contributed by atoms with Gasteiger partial charge in [0.25, 0.3) is 0 Å². The number of hydrogen-bond donors (Lipinski definition) is 0. The summed E-state index contributed by atoms with van der Waals surface area (Å²) in [6, 6.07) is 6.23. The number of hydrogen-bond acceptors (Lipinski definition) is 3. The molecule has 0 unspecified atom stereocenters. The Balaban J connectivity index is 1.41. The van der Waals surface area contributed by atoms with E-state index in [1.54, 1.807) is 0 Å². The van der Waals surface area contributed by atoms with Crippen LogP contribution in [-0.4, -0.2) is 37.7 Å². The molecule has 1 fully saturated rings. The Kier molecular flexibility index (Phi) is 4.80. The number of rotatable bonds is 5. The zero-order valence-corrected chi connectivity index (χ0v) is 12.3. The lowest BCUT2D eigenvalue weighted by Gasteiger charge is -2.26. The van der Waals surface area contributed by atoms with E-state index in [0.29, 0.717) is 0 Å². The summed E-state index contributed by atoms with van der Waals surface area (Å²) in [5.74, 6) is 2.03. The molecule has 0 N–H and O–H groups in total. The van der Waals surface area contributed by atoms with Crippen molar-refractivity contribution in [3.05, 3.63) is 23.8 Å². The third kappa shape index (κ3) is 3.66. The molecule has 110 valence electrons. The van der Waals surface area contributed by atoms with Crippen molar-refractivity contribution >= 4 is 0 Å². The maximum Gasteiger partial charge on any atom is 0.122 e. The first-order valence-corrected chi connectivity index (χ1v) is 8.03. The number of piperidine rings is 1. The molecule has 0 amide bonds. The topological polar surface area (TPSA) is 21.7 Å². The second-order valence-corrected chi connectivity index (χ2v) is 5.83. The van der Waals surface area contributed by atoms with Gasteiger partial charge >= 0.3 is 0 Å². The largest absolute Gasteiger partial charge is 0.494 e. The zero-order chi connectivity index (χ0) is 13.6. The lowest BCUT2D eigenvalue weighted by atomic mass is 10.1. The number of benzene rings is 1. The summed E-state index contributed by atoms with van der Waals surface area (Å²) in [6.45, 7) is 5.39. The molecule has 3 rings (SSSR count). The first-order valence-electron chi connectivity index (χ1n) is 8.03. The molecule has 0 aliphatic carbocycles. The Hall–Kier alpha value is -1.22. The highest BCUT2D eigenvalue weighted by Crippen LogP contribution is 2.28. The maximum atomic E-state index is 5.88. The van der Waals surface area contributed by atoms with Crippen LogP contribution in [0.1, 0.15) is 37.7 Å². The third-order valence-electron chi connectivity index (χ3n) is 4.22. The van der Waals surface area contributed by atoms with Gasteiger partial charge in [-0.15, -0.1) is 0 Å². The molecule has 2 aliphatic rings. The molecule has 0 saturated carbocycles. The summed E-state index contributed by atoms with van der Waals surface area (Å²) in [4.78, 5) is 2.56. The minimum absolute atomic E-state index is 0.816. The van der Waals surface area contributed by atoms with Gasteiger partial charge in [0, 0.05) is 6.54 Å². The highest BCUT2D eigenvalue weighted by Gasteiger charge is 2.11. The molecule has 2 heterocycles.